The Morgan fingerprint density at radius 1 is 0.833 bits per heavy atom. The standard InChI is InChI=1S/C19H33NO4/c1-2-3-4-5-6-7-8-9-10-11-12-13-14-19(23)24-20-17(21)15-16-18(20)22/h15-16,21-22H,2-14H2,1H3. The number of hydrogen-bond donors (Lipinski definition) is 2. The Morgan fingerprint density at radius 3 is 1.71 bits per heavy atom. The second kappa shape index (κ2) is 12.7. The third kappa shape index (κ3) is 8.85. The van der Waals surface area contributed by atoms with Crippen LogP contribution in [0.4, 0.5) is 0 Å². The molecule has 0 saturated carbocycles. The minimum absolute atomic E-state index is 0.282. The molecule has 1 aromatic rings. The lowest BCUT2D eigenvalue weighted by molar-refractivity contribution is -0.145. The quantitative estimate of drug-likeness (QED) is 0.471. The van der Waals surface area contributed by atoms with Gasteiger partial charge in [-0.25, -0.2) is 4.79 Å². The molecule has 2 N–H and O–H groups in total. The molecule has 0 aromatic carbocycles. The zero-order valence-corrected chi connectivity index (χ0v) is 15.0. The van der Waals surface area contributed by atoms with E-state index in [1.54, 1.807) is 0 Å². The van der Waals surface area contributed by atoms with Gasteiger partial charge in [0, 0.05) is 18.6 Å². The molecule has 0 aliphatic heterocycles. The van der Waals surface area contributed by atoms with E-state index in [4.69, 9.17) is 4.84 Å². The predicted molar refractivity (Wildman–Crippen MR) is 95.0 cm³/mol. The van der Waals surface area contributed by atoms with E-state index in [1.807, 2.05) is 0 Å². The Balaban J connectivity index is 1.91. The zero-order chi connectivity index (χ0) is 17.6. The number of carbonyl (C=O) groups is 1. The molecule has 138 valence electrons. The average Bonchev–Trinajstić information content (AvgIpc) is 2.88. The SMILES string of the molecule is CCCCCCCCCCCCCCC(=O)On1c(O)ccc1O. The number of unbranched alkanes of at least 4 members (excludes halogenated alkanes) is 11. The lowest BCUT2D eigenvalue weighted by atomic mass is 10.0. The van der Waals surface area contributed by atoms with Gasteiger partial charge < -0.3 is 15.1 Å². The Bertz CT molecular complexity index is 437. The number of carbonyl (C=O) groups excluding carboxylic acids is 1. The number of aromatic nitrogens is 1. The van der Waals surface area contributed by atoms with Gasteiger partial charge in [-0.15, -0.1) is 4.73 Å². The number of nitrogens with zero attached hydrogens (tertiary/aromatic N) is 1. The molecule has 0 amide bonds. The first-order valence-electron chi connectivity index (χ1n) is 9.46. The molecule has 1 aromatic heterocycles. The predicted octanol–water partition coefficient (Wildman–Crippen LogP) is 4.95. The van der Waals surface area contributed by atoms with Crippen molar-refractivity contribution in [1.29, 1.82) is 0 Å². The molecule has 5 heteroatoms. The van der Waals surface area contributed by atoms with E-state index in [-0.39, 0.29) is 11.8 Å². The van der Waals surface area contributed by atoms with Crippen molar-refractivity contribution in [1.82, 2.24) is 4.73 Å². The Labute approximate surface area is 145 Å². The van der Waals surface area contributed by atoms with E-state index in [0.29, 0.717) is 6.42 Å². The second-order valence-corrected chi connectivity index (χ2v) is 6.45. The van der Waals surface area contributed by atoms with Crippen LogP contribution in [0.3, 0.4) is 0 Å². The van der Waals surface area contributed by atoms with E-state index >= 15 is 0 Å². The molecule has 0 unspecified atom stereocenters. The molecule has 5 nitrogen and oxygen atoms in total. The summed E-state index contributed by atoms with van der Waals surface area (Å²) in [5.74, 6) is -1.00. The van der Waals surface area contributed by atoms with Gasteiger partial charge >= 0.3 is 5.97 Å². The average molecular weight is 339 g/mol. The fourth-order valence-corrected chi connectivity index (χ4v) is 2.75. The topological polar surface area (TPSA) is 71.7 Å². The van der Waals surface area contributed by atoms with Crippen LogP contribution in [-0.2, 0) is 4.79 Å². The number of rotatable bonds is 14. The van der Waals surface area contributed by atoms with Crippen LogP contribution in [0, 0.1) is 0 Å². The van der Waals surface area contributed by atoms with Crippen LogP contribution in [0.5, 0.6) is 11.8 Å². The van der Waals surface area contributed by atoms with E-state index in [0.717, 1.165) is 24.0 Å². The monoisotopic (exact) mass is 339 g/mol. The molecule has 0 aliphatic carbocycles. The van der Waals surface area contributed by atoms with Crippen LogP contribution >= 0.6 is 0 Å². The maximum atomic E-state index is 11.6. The summed E-state index contributed by atoms with van der Waals surface area (Å²) in [6.07, 6.45) is 15.2. The van der Waals surface area contributed by atoms with Crippen LogP contribution in [-0.4, -0.2) is 20.9 Å². The molecule has 0 saturated heterocycles. The van der Waals surface area contributed by atoms with Gasteiger partial charge in [0.2, 0.25) is 11.8 Å². The molecule has 1 heterocycles. The first-order chi connectivity index (χ1) is 11.6. The smallest absolute Gasteiger partial charge is 0.333 e. The normalized spacial score (nSPS) is 10.9. The van der Waals surface area contributed by atoms with E-state index in [1.165, 1.54) is 69.9 Å². The van der Waals surface area contributed by atoms with Crippen molar-refractivity contribution < 1.29 is 19.8 Å². The lowest BCUT2D eigenvalue weighted by Crippen LogP contribution is -2.18. The van der Waals surface area contributed by atoms with Gasteiger partial charge in [-0.05, 0) is 6.42 Å². The van der Waals surface area contributed by atoms with Crippen molar-refractivity contribution in [3.63, 3.8) is 0 Å². The van der Waals surface area contributed by atoms with Crippen LogP contribution in [0.15, 0.2) is 12.1 Å². The van der Waals surface area contributed by atoms with Gasteiger partial charge in [0.15, 0.2) is 0 Å². The van der Waals surface area contributed by atoms with Gasteiger partial charge in [0.05, 0.1) is 0 Å². The van der Waals surface area contributed by atoms with E-state index < -0.39 is 5.97 Å². The third-order valence-corrected chi connectivity index (χ3v) is 4.23. The summed E-state index contributed by atoms with van der Waals surface area (Å²) in [5, 5.41) is 18.8. The molecule has 24 heavy (non-hydrogen) atoms. The van der Waals surface area contributed by atoms with Gasteiger partial charge in [0.1, 0.15) is 0 Å². The summed E-state index contributed by atoms with van der Waals surface area (Å²) in [4.78, 5) is 16.5. The highest BCUT2D eigenvalue weighted by atomic mass is 16.7. The summed E-state index contributed by atoms with van der Waals surface area (Å²) in [6, 6.07) is 2.54. The van der Waals surface area contributed by atoms with Gasteiger partial charge in [-0.2, -0.15) is 0 Å². The summed E-state index contributed by atoms with van der Waals surface area (Å²) in [7, 11) is 0. The van der Waals surface area contributed by atoms with Crippen molar-refractivity contribution in [3.05, 3.63) is 12.1 Å². The summed E-state index contributed by atoms with van der Waals surface area (Å²) in [6.45, 7) is 2.24. The summed E-state index contributed by atoms with van der Waals surface area (Å²) >= 11 is 0. The maximum Gasteiger partial charge on any atom is 0.333 e. The molecule has 0 aliphatic rings. The van der Waals surface area contributed by atoms with Crippen LogP contribution in [0.1, 0.15) is 90.4 Å². The van der Waals surface area contributed by atoms with Crippen molar-refractivity contribution in [2.45, 2.75) is 90.4 Å². The largest absolute Gasteiger partial charge is 0.492 e. The first-order valence-corrected chi connectivity index (χ1v) is 9.46. The van der Waals surface area contributed by atoms with Crippen LogP contribution in [0.2, 0.25) is 0 Å². The zero-order valence-electron chi connectivity index (χ0n) is 15.0. The van der Waals surface area contributed by atoms with Gasteiger partial charge in [0.25, 0.3) is 0 Å². The van der Waals surface area contributed by atoms with Crippen molar-refractivity contribution in [2.75, 3.05) is 0 Å². The van der Waals surface area contributed by atoms with Crippen LogP contribution in [0.25, 0.3) is 0 Å². The molecule has 0 radical (unpaired) electrons. The van der Waals surface area contributed by atoms with E-state index in [2.05, 4.69) is 6.92 Å². The highest BCUT2D eigenvalue weighted by Gasteiger charge is 2.11. The maximum absolute atomic E-state index is 11.6. The first kappa shape index (κ1) is 20.4. The van der Waals surface area contributed by atoms with Gasteiger partial charge in [-0.3, -0.25) is 0 Å². The summed E-state index contributed by atoms with van der Waals surface area (Å²) < 4.78 is 0.739. The van der Waals surface area contributed by atoms with Crippen molar-refractivity contribution in [3.8, 4) is 11.8 Å². The van der Waals surface area contributed by atoms with Crippen LogP contribution < -0.4 is 4.84 Å². The van der Waals surface area contributed by atoms with Crippen molar-refractivity contribution >= 4 is 5.97 Å². The summed E-state index contributed by atoms with van der Waals surface area (Å²) in [5.41, 5.74) is 0. The molecule has 0 atom stereocenters. The number of hydrogen-bond acceptors (Lipinski definition) is 4. The molecule has 1 rings (SSSR count). The Hall–Kier alpha value is -1.65. The molecule has 0 bridgehead atoms. The fraction of sp³-hybridized carbons (Fsp3) is 0.737. The third-order valence-electron chi connectivity index (χ3n) is 4.23. The van der Waals surface area contributed by atoms with Crippen molar-refractivity contribution in [2.24, 2.45) is 0 Å². The molecule has 0 spiro atoms. The molecule has 0 fully saturated rings. The highest BCUT2D eigenvalue weighted by molar-refractivity contribution is 5.69. The fourth-order valence-electron chi connectivity index (χ4n) is 2.75. The highest BCUT2D eigenvalue weighted by Crippen LogP contribution is 2.19. The minimum Gasteiger partial charge on any atom is -0.492 e. The lowest BCUT2D eigenvalue weighted by Gasteiger charge is -2.06. The second-order valence-electron chi connectivity index (χ2n) is 6.45. The molecular weight excluding hydrogens is 306 g/mol. The Morgan fingerprint density at radius 2 is 1.25 bits per heavy atom. The number of aromatic hydroxyl groups is 2. The van der Waals surface area contributed by atoms with E-state index in [9.17, 15) is 15.0 Å². The Kier molecular flexibility index (Phi) is 10.8. The minimum atomic E-state index is -0.441. The van der Waals surface area contributed by atoms with Gasteiger partial charge in [-0.1, -0.05) is 77.6 Å². The molecular formula is C19H33NO4.